The molecule has 1 atom stereocenters. The van der Waals surface area contributed by atoms with Gasteiger partial charge in [0, 0.05) is 22.6 Å². The number of nitro benzene ring substituents is 1. The van der Waals surface area contributed by atoms with Crippen LogP contribution in [-0.2, 0) is 6.61 Å². The van der Waals surface area contributed by atoms with Crippen molar-refractivity contribution in [1.82, 2.24) is 0 Å². The van der Waals surface area contributed by atoms with Gasteiger partial charge in [0.1, 0.15) is 12.4 Å². The second-order valence-corrected chi connectivity index (χ2v) is 5.95. The number of hydrogen-bond donors (Lipinski definition) is 1. The van der Waals surface area contributed by atoms with E-state index in [1.807, 2.05) is 6.07 Å². The summed E-state index contributed by atoms with van der Waals surface area (Å²) in [6.07, 6.45) is -0.850. The summed E-state index contributed by atoms with van der Waals surface area (Å²) in [7, 11) is 0. The Morgan fingerprint density at radius 1 is 1.45 bits per heavy atom. The van der Waals surface area contributed by atoms with E-state index in [0.717, 1.165) is 4.88 Å². The van der Waals surface area contributed by atoms with Gasteiger partial charge in [-0.25, -0.2) is 0 Å². The third-order valence-electron chi connectivity index (χ3n) is 2.65. The first kappa shape index (κ1) is 14.8. The molecular weight excluding hydrogens is 302 g/mol. The van der Waals surface area contributed by atoms with Crippen molar-refractivity contribution in [3.05, 3.63) is 55.2 Å². The van der Waals surface area contributed by atoms with Crippen molar-refractivity contribution in [2.45, 2.75) is 19.6 Å². The molecule has 7 heteroatoms. The van der Waals surface area contributed by atoms with Crippen LogP contribution in [0.5, 0.6) is 5.75 Å². The van der Waals surface area contributed by atoms with E-state index in [1.54, 1.807) is 6.07 Å². The molecule has 0 radical (unpaired) electrons. The van der Waals surface area contributed by atoms with Gasteiger partial charge >= 0.3 is 0 Å². The number of ether oxygens (including phenoxy) is 1. The van der Waals surface area contributed by atoms with Crippen molar-refractivity contribution in [3.8, 4) is 5.75 Å². The first-order chi connectivity index (χ1) is 9.47. The number of aliphatic hydroxyl groups excluding tert-OH is 1. The van der Waals surface area contributed by atoms with E-state index in [1.165, 1.54) is 36.5 Å². The summed E-state index contributed by atoms with van der Waals surface area (Å²) in [4.78, 5) is 11.2. The second-order valence-electron chi connectivity index (χ2n) is 4.15. The lowest BCUT2D eigenvalue weighted by molar-refractivity contribution is -0.385. The van der Waals surface area contributed by atoms with E-state index in [2.05, 4.69) is 0 Å². The minimum atomic E-state index is -0.850. The van der Waals surface area contributed by atoms with Crippen molar-refractivity contribution in [3.63, 3.8) is 0 Å². The van der Waals surface area contributed by atoms with E-state index in [-0.39, 0.29) is 5.69 Å². The predicted molar refractivity (Wildman–Crippen MR) is 77.4 cm³/mol. The molecule has 0 fully saturated rings. The number of nitro groups is 1. The Labute approximate surface area is 124 Å². The molecule has 0 saturated heterocycles. The fourth-order valence-corrected chi connectivity index (χ4v) is 2.69. The molecule has 0 aliphatic carbocycles. The van der Waals surface area contributed by atoms with E-state index in [0.29, 0.717) is 22.3 Å². The Bertz CT molecular complexity index is 627. The molecular formula is C13H12ClNO4S. The van der Waals surface area contributed by atoms with Crippen LogP contribution in [0, 0.1) is 10.1 Å². The lowest BCUT2D eigenvalue weighted by Crippen LogP contribution is -2.01. The Morgan fingerprint density at radius 3 is 2.75 bits per heavy atom. The van der Waals surface area contributed by atoms with Crippen molar-refractivity contribution < 1.29 is 14.8 Å². The van der Waals surface area contributed by atoms with E-state index < -0.39 is 11.0 Å². The smallest absolute Gasteiger partial charge is 0.270 e. The van der Waals surface area contributed by atoms with Crippen molar-refractivity contribution in [2.75, 3.05) is 0 Å². The van der Waals surface area contributed by atoms with Crippen LogP contribution < -0.4 is 4.74 Å². The summed E-state index contributed by atoms with van der Waals surface area (Å²) >= 11 is 7.23. The maximum atomic E-state index is 10.7. The molecule has 0 aliphatic rings. The van der Waals surface area contributed by atoms with Gasteiger partial charge < -0.3 is 9.84 Å². The van der Waals surface area contributed by atoms with E-state index in [4.69, 9.17) is 16.3 Å². The van der Waals surface area contributed by atoms with Crippen molar-refractivity contribution in [1.29, 1.82) is 0 Å². The molecule has 0 spiro atoms. The lowest BCUT2D eigenvalue weighted by atomic mass is 10.1. The largest absolute Gasteiger partial charge is 0.488 e. The number of benzene rings is 1. The van der Waals surface area contributed by atoms with Gasteiger partial charge in [0.05, 0.1) is 15.4 Å². The Morgan fingerprint density at radius 2 is 2.20 bits per heavy atom. The molecule has 0 amide bonds. The van der Waals surface area contributed by atoms with E-state index in [9.17, 15) is 15.2 Å². The van der Waals surface area contributed by atoms with Crippen molar-refractivity contribution >= 4 is 28.6 Å². The highest BCUT2D eigenvalue weighted by Crippen LogP contribution is 2.30. The van der Waals surface area contributed by atoms with Crippen molar-refractivity contribution in [2.24, 2.45) is 0 Å². The zero-order valence-corrected chi connectivity index (χ0v) is 12.1. The van der Waals surface area contributed by atoms with Crippen LogP contribution in [0.4, 0.5) is 5.69 Å². The highest BCUT2D eigenvalue weighted by molar-refractivity contribution is 7.16. The average Bonchev–Trinajstić information content (AvgIpc) is 2.81. The Hall–Kier alpha value is -1.63. The number of hydrogen-bond acceptors (Lipinski definition) is 5. The van der Waals surface area contributed by atoms with Crippen LogP contribution in [0.25, 0.3) is 0 Å². The highest BCUT2D eigenvalue weighted by Gasteiger charge is 2.15. The Kier molecular flexibility index (Phi) is 4.59. The quantitative estimate of drug-likeness (QED) is 0.670. The number of rotatable bonds is 5. The zero-order valence-electron chi connectivity index (χ0n) is 10.6. The number of aliphatic hydroxyl groups is 1. The molecule has 2 aromatic rings. The molecule has 0 bridgehead atoms. The fraction of sp³-hybridized carbons (Fsp3) is 0.231. The van der Waals surface area contributed by atoms with Gasteiger partial charge in [0.15, 0.2) is 0 Å². The summed E-state index contributed by atoms with van der Waals surface area (Å²) in [5.41, 5.74) is 0.314. The standard InChI is InChI=1S/C13H12ClNO4S/c1-8(16)11-6-9(15(17)18)2-4-12(11)19-7-10-3-5-13(14)20-10/h2-6,8,16H,7H2,1H3. The number of halogens is 1. The SMILES string of the molecule is CC(O)c1cc([N+](=O)[O-])ccc1OCc1ccc(Cl)s1. The molecule has 0 saturated carbocycles. The average molecular weight is 314 g/mol. The molecule has 20 heavy (non-hydrogen) atoms. The van der Waals surface area contributed by atoms with Crippen LogP contribution in [-0.4, -0.2) is 10.0 Å². The summed E-state index contributed by atoms with van der Waals surface area (Å²) in [6, 6.07) is 7.79. The summed E-state index contributed by atoms with van der Waals surface area (Å²) in [5.74, 6) is 0.426. The maximum Gasteiger partial charge on any atom is 0.270 e. The third-order valence-corrected chi connectivity index (χ3v) is 3.86. The monoisotopic (exact) mass is 313 g/mol. The van der Waals surface area contributed by atoms with Gasteiger partial charge in [-0.3, -0.25) is 10.1 Å². The molecule has 5 nitrogen and oxygen atoms in total. The Balaban J connectivity index is 2.20. The van der Waals surface area contributed by atoms with Crippen LogP contribution in [0.2, 0.25) is 4.34 Å². The molecule has 1 N–H and O–H groups in total. The van der Waals surface area contributed by atoms with Gasteiger partial charge in [0.2, 0.25) is 0 Å². The minimum absolute atomic E-state index is 0.0765. The summed E-state index contributed by atoms with van der Waals surface area (Å²) in [5, 5.41) is 20.4. The summed E-state index contributed by atoms with van der Waals surface area (Å²) in [6.45, 7) is 1.84. The lowest BCUT2D eigenvalue weighted by Gasteiger charge is -2.12. The van der Waals surface area contributed by atoms with Gasteiger partial charge in [-0.2, -0.15) is 0 Å². The van der Waals surface area contributed by atoms with Crippen LogP contribution >= 0.6 is 22.9 Å². The number of non-ortho nitro benzene ring substituents is 1. The molecule has 0 aliphatic heterocycles. The normalized spacial score (nSPS) is 12.2. The van der Waals surface area contributed by atoms with E-state index >= 15 is 0 Å². The van der Waals surface area contributed by atoms with Gasteiger partial charge in [-0.15, -0.1) is 11.3 Å². The molecule has 1 aromatic carbocycles. The molecule has 2 rings (SSSR count). The topological polar surface area (TPSA) is 72.6 Å². The van der Waals surface area contributed by atoms with Crippen LogP contribution in [0.15, 0.2) is 30.3 Å². The maximum absolute atomic E-state index is 10.7. The third kappa shape index (κ3) is 3.47. The number of nitrogens with zero attached hydrogens (tertiary/aromatic N) is 1. The van der Waals surface area contributed by atoms with Crippen LogP contribution in [0.3, 0.4) is 0 Å². The predicted octanol–water partition coefficient (Wildman–Crippen LogP) is 3.94. The zero-order chi connectivity index (χ0) is 14.7. The highest BCUT2D eigenvalue weighted by atomic mass is 35.5. The molecule has 1 unspecified atom stereocenters. The van der Waals surface area contributed by atoms with Gasteiger partial charge in [-0.1, -0.05) is 11.6 Å². The minimum Gasteiger partial charge on any atom is -0.488 e. The second kappa shape index (κ2) is 6.21. The molecule has 1 aromatic heterocycles. The first-order valence-corrected chi connectivity index (χ1v) is 7.00. The van der Waals surface area contributed by atoms with Gasteiger partial charge in [0.25, 0.3) is 5.69 Å². The molecule has 1 heterocycles. The molecule has 106 valence electrons. The summed E-state index contributed by atoms with van der Waals surface area (Å²) < 4.78 is 6.27. The van der Waals surface area contributed by atoms with Gasteiger partial charge in [-0.05, 0) is 25.1 Å². The van der Waals surface area contributed by atoms with Crippen LogP contribution in [0.1, 0.15) is 23.5 Å². The fourth-order valence-electron chi connectivity index (χ4n) is 1.69. The first-order valence-electron chi connectivity index (χ1n) is 5.81. The number of thiophene rings is 1.